The molecule has 0 aliphatic carbocycles. The molecule has 0 heterocycles. The predicted octanol–water partition coefficient (Wildman–Crippen LogP) is 9.87. The van der Waals surface area contributed by atoms with Crippen molar-refractivity contribution < 1.29 is 70.2 Å². The quantitative estimate of drug-likeness (QED) is 0.162. The zero-order valence-electron chi connectivity index (χ0n) is 19.3. The van der Waals surface area contributed by atoms with E-state index >= 15 is 0 Å². The number of hydrogen-bond acceptors (Lipinski definition) is 0. The molecule has 0 saturated carbocycles. The summed E-state index contributed by atoms with van der Waals surface area (Å²) in [7, 11) is 0. The van der Waals surface area contributed by atoms with Gasteiger partial charge in [0, 0.05) is 6.42 Å². The van der Waals surface area contributed by atoms with Gasteiger partial charge in [0.2, 0.25) is 0 Å². The lowest BCUT2D eigenvalue weighted by atomic mass is 9.92. The lowest BCUT2D eigenvalue weighted by molar-refractivity contribution is -0.208. The Kier molecular flexibility index (Phi) is 10.6. The fourth-order valence-corrected chi connectivity index (χ4v) is 3.77. The van der Waals surface area contributed by atoms with Crippen molar-refractivity contribution in [2.24, 2.45) is 5.92 Å². The van der Waals surface area contributed by atoms with E-state index in [0.29, 0.717) is 0 Å². The first kappa shape index (κ1) is 34.9. The highest BCUT2D eigenvalue weighted by Gasteiger charge is 2.57. The molecule has 0 aromatic rings. The Bertz CT molecular complexity index is 690. The van der Waals surface area contributed by atoms with Gasteiger partial charge in [-0.05, 0) is 12.8 Å². The van der Waals surface area contributed by atoms with Crippen LogP contribution in [0.3, 0.4) is 0 Å². The third-order valence-electron chi connectivity index (χ3n) is 4.38. The van der Waals surface area contributed by atoms with Crippen molar-refractivity contribution in [2.45, 2.75) is 120 Å². The number of alkyl halides is 16. The SMILES string of the molecule is CC(C)CC(F)(F)CC(F)(F)CC(F)(F)CC(F)(F)CC(F)(F)CC(F)(F)CC(F)(F)CC(C)(F)F. The summed E-state index contributed by atoms with van der Waals surface area (Å²) in [6, 6.07) is 0. The normalized spacial score (nSPS) is 15.7. The van der Waals surface area contributed by atoms with Gasteiger partial charge in [-0.3, -0.25) is 0 Å². The van der Waals surface area contributed by atoms with E-state index in [2.05, 4.69) is 0 Å². The maximum Gasteiger partial charge on any atom is 0.259 e. The Balaban J connectivity index is 5.32. The van der Waals surface area contributed by atoms with E-state index in [9.17, 15) is 70.2 Å². The van der Waals surface area contributed by atoms with E-state index in [1.54, 1.807) is 0 Å². The second-order valence-electron chi connectivity index (χ2n) is 9.90. The summed E-state index contributed by atoms with van der Waals surface area (Å²) < 4.78 is 216. The average Bonchev–Trinajstić information content (AvgIpc) is 2.31. The van der Waals surface area contributed by atoms with Gasteiger partial charge in [-0.15, -0.1) is 0 Å². The van der Waals surface area contributed by atoms with E-state index in [1.807, 2.05) is 0 Å². The van der Waals surface area contributed by atoms with Gasteiger partial charge < -0.3 is 0 Å². The van der Waals surface area contributed by atoms with E-state index in [1.165, 1.54) is 13.8 Å². The van der Waals surface area contributed by atoms with Gasteiger partial charge in [-0.25, -0.2) is 70.2 Å². The summed E-state index contributed by atoms with van der Waals surface area (Å²) in [5.41, 5.74) is 0. The van der Waals surface area contributed by atoms with Crippen LogP contribution in [-0.4, -0.2) is 47.4 Å². The molecule has 0 radical (unpaired) electrons. The highest BCUT2D eigenvalue weighted by molar-refractivity contribution is 4.91. The second kappa shape index (κ2) is 10.9. The monoisotopic (exact) mass is 570 g/mol. The fourth-order valence-electron chi connectivity index (χ4n) is 3.77. The Morgan fingerprint density at radius 2 is 0.556 bits per heavy atom. The zero-order valence-corrected chi connectivity index (χ0v) is 19.3. The predicted molar refractivity (Wildman–Crippen MR) is 97.0 cm³/mol. The standard InChI is InChI=1S/C20H26F16/c1-12(2)4-14(23,24)6-16(27,28)8-18(31,32)10-20(35,36)11-19(33,34)9-17(29,30)7-15(25,26)5-13(3,21)22/h12H,4-11H2,1-3H3. The van der Waals surface area contributed by atoms with Crippen molar-refractivity contribution in [1.82, 2.24) is 0 Å². The van der Waals surface area contributed by atoms with Crippen LogP contribution in [0, 0.1) is 5.92 Å². The van der Waals surface area contributed by atoms with Gasteiger partial charge in [-0.1, -0.05) is 13.8 Å². The largest absolute Gasteiger partial charge is 0.259 e. The zero-order chi connectivity index (χ0) is 29.2. The van der Waals surface area contributed by atoms with Crippen LogP contribution in [0.25, 0.3) is 0 Å². The molecule has 0 amide bonds. The van der Waals surface area contributed by atoms with E-state index in [0.717, 1.165) is 0 Å². The topological polar surface area (TPSA) is 0 Å². The fraction of sp³-hybridized carbons (Fsp3) is 1.00. The van der Waals surface area contributed by atoms with Crippen molar-refractivity contribution in [3.05, 3.63) is 0 Å². The van der Waals surface area contributed by atoms with Crippen LogP contribution in [0.4, 0.5) is 70.2 Å². The van der Waals surface area contributed by atoms with Crippen molar-refractivity contribution in [2.75, 3.05) is 0 Å². The van der Waals surface area contributed by atoms with E-state index in [-0.39, 0.29) is 6.92 Å². The molecule has 0 fully saturated rings. The molecule has 16 heteroatoms. The van der Waals surface area contributed by atoms with E-state index in [4.69, 9.17) is 0 Å². The molecule has 0 N–H and O–H groups in total. The van der Waals surface area contributed by atoms with Gasteiger partial charge in [0.05, 0.1) is 44.9 Å². The Morgan fingerprint density at radius 1 is 0.361 bits per heavy atom. The first-order chi connectivity index (χ1) is 15.4. The van der Waals surface area contributed by atoms with Gasteiger partial charge in [0.1, 0.15) is 0 Å². The van der Waals surface area contributed by atoms with Crippen molar-refractivity contribution >= 4 is 0 Å². The Labute approximate surface area is 196 Å². The molecule has 0 aliphatic rings. The molecule has 0 nitrogen and oxygen atoms in total. The summed E-state index contributed by atoms with van der Waals surface area (Å²) >= 11 is 0. The van der Waals surface area contributed by atoms with E-state index < -0.39 is 105 Å². The van der Waals surface area contributed by atoms with Crippen LogP contribution in [0.2, 0.25) is 0 Å². The van der Waals surface area contributed by atoms with Crippen LogP contribution in [-0.2, 0) is 0 Å². The molecule has 0 spiro atoms. The molecule has 218 valence electrons. The van der Waals surface area contributed by atoms with Crippen molar-refractivity contribution in [3.63, 3.8) is 0 Å². The highest BCUT2D eigenvalue weighted by Crippen LogP contribution is 2.48. The summed E-state index contributed by atoms with van der Waals surface area (Å²) in [4.78, 5) is 0. The molecular formula is C20H26F16. The lowest BCUT2D eigenvalue weighted by Gasteiger charge is -2.31. The molecule has 0 saturated heterocycles. The third-order valence-corrected chi connectivity index (χ3v) is 4.38. The lowest BCUT2D eigenvalue weighted by Crippen LogP contribution is -2.42. The average molecular weight is 570 g/mol. The molecule has 0 aromatic heterocycles. The van der Waals surface area contributed by atoms with Crippen LogP contribution < -0.4 is 0 Å². The molecule has 36 heavy (non-hydrogen) atoms. The molecule has 0 bridgehead atoms. The van der Waals surface area contributed by atoms with Crippen molar-refractivity contribution in [1.29, 1.82) is 0 Å². The van der Waals surface area contributed by atoms with Crippen LogP contribution in [0.15, 0.2) is 0 Å². The first-order valence-corrected chi connectivity index (χ1v) is 10.4. The number of hydrogen-bond donors (Lipinski definition) is 0. The minimum Gasteiger partial charge on any atom is -0.207 e. The maximum atomic E-state index is 13.8. The molecular weight excluding hydrogens is 544 g/mol. The molecule has 0 rings (SSSR count). The molecule has 0 unspecified atom stereocenters. The smallest absolute Gasteiger partial charge is 0.207 e. The van der Waals surface area contributed by atoms with Gasteiger partial charge in [0.15, 0.2) is 0 Å². The minimum absolute atomic E-state index is 0.0800. The maximum absolute atomic E-state index is 13.8. The Hall–Kier alpha value is -1.12. The van der Waals surface area contributed by atoms with Gasteiger partial charge >= 0.3 is 0 Å². The molecule has 0 aliphatic heterocycles. The van der Waals surface area contributed by atoms with Crippen LogP contribution >= 0.6 is 0 Å². The van der Waals surface area contributed by atoms with Gasteiger partial charge in [0.25, 0.3) is 47.4 Å². The first-order valence-electron chi connectivity index (χ1n) is 10.4. The highest BCUT2D eigenvalue weighted by atomic mass is 19.3. The minimum atomic E-state index is -5.32. The van der Waals surface area contributed by atoms with Crippen molar-refractivity contribution in [3.8, 4) is 0 Å². The number of rotatable bonds is 16. The summed E-state index contributed by atoms with van der Waals surface area (Å²) in [6.45, 7) is 2.32. The Morgan fingerprint density at radius 3 is 0.750 bits per heavy atom. The summed E-state index contributed by atoms with van der Waals surface area (Å²) in [5.74, 6) is -40.1. The summed E-state index contributed by atoms with van der Waals surface area (Å²) in [5, 5.41) is 0. The molecule has 0 atom stereocenters. The second-order valence-corrected chi connectivity index (χ2v) is 9.90. The van der Waals surface area contributed by atoms with Crippen LogP contribution in [0.1, 0.15) is 72.1 Å². The van der Waals surface area contributed by atoms with Gasteiger partial charge in [-0.2, -0.15) is 0 Å². The number of halogens is 16. The molecule has 0 aromatic carbocycles. The third kappa shape index (κ3) is 15.9. The summed E-state index contributed by atoms with van der Waals surface area (Å²) in [6.07, 6.45) is -21.1. The van der Waals surface area contributed by atoms with Crippen LogP contribution in [0.5, 0.6) is 0 Å².